The smallest absolute Gasteiger partial charge is 0.237 e. The fraction of sp³-hybridized carbons (Fsp3) is 0.143. The van der Waals surface area contributed by atoms with Gasteiger partial charge in [0.2, 0.25) is 10.0 Å². The minimum absolute atomic E-state index is 0.264. The van der Waals surface area contributed by atoms with Gasteiger partial charge < -0.3 is 0 Å². The van der Waals surface area contributed by atoms with Crippen molar-refractivity contribution in [3.63, 3.8) is 0 Å². The van der Waals surface area contributed by atoms with Crippen molar-refractivity contribution in [3.8, 4) is 0 Å². The van der Waals surface area contributed by atoms with Crippen LogP contribution in [0, 0.1) is 18.6 Å². The molecule has 2 aromatic rings. The minimum Gasteiger partial charge on any atom is -0.280 e. The van der Waals surface area contributed by atoms with Crippen LogP contribution in [0.15, 0.2) is 42.5 Å². The SMILES string of the molecule is Cc1ccccc1CS(=O)(=O)Nc1ccc(F)cc1F. The molecule has 0 aliphatic heterocycles. The Morgan fingerprint density at radius 3 is 2.45 bits per heavy atom. The number of hydrogen-bond donors (Lipinski definition) is 1. The van der Waals surface area contributed by atoms with E-state index in [4.69, 9.17) is 0 Å². The largest absolute Gasteiger partial charge is 0.280 e. The van der Waals surface area contributed by atoms with Gasteiger partial charge in [-0.2, -0.15) is 0 Å². The molecular formula is C14H13F2NO2S. The molecule has 20 heavy (non-hydrogen) atoms. The molecule has 0 spiro atoms. The van der Waals surface area contributed by atoms with E-state index in [0.717, 1.165) is 17.7 Å². The highest BCUT2D eigenvalue weighted by Crippen LogP contribution is 2.19. The summed E-state index contributed by atoms with van der Waals surface area (Å²) in [6.45, 7) is 1.79. The third-order valence-electron chi connectivity index (χ3n) is 2.80. The van der Waals surface area contributed by atoms with Crippen LogP contribution >= 0.6 is 0 Å². The van der Waals surface area contributed by atoms with Gasteiger partial charge in [-0.25, -0.2) is 17.2 Å². The Kier molecular flexibility index (Phi) is 4.04. The topological polar surface area (TPSA) is 46.2 Å². The number of nitrogens with one attached hydrogen (secondary N) is 1. The van der Waals surface area contributed by atoms with Gasteiger partial charge in [-0.05, 0) is 30.2 Å². The second-order valence-corrected chi connectivity index (χ2v) is 6.13. The van der Waals surface area contributed by atoms with Crippen LogP contribution in [-0.2, 0) is 15.8 Å². The molecule has 6 heteroatoms. The summed E-state index contributed by atoms with van der Waals surface area (Å²) in [7, 11) is -3.76. The molecule has 0 amide bonds. The van der Waals surface area contributed by atoms with Gasteiger partial charge in [-0.15, -0.1) is 0 Å². The molecule has 2 rings (SSSR count). The second kappa shape index (κ2) is 5.58. The molecule has 0 aliphatic rings. The molecule has 0 saturated carbocycles. The van der Waals surface area contributed by atoms with Gasteiger partial charge in [-0.3, -0.25) is 4.72 Å². The lowest BCUT2D eigenvalue weighted by Gasteiger charge is -2.10. The summed E-state index contributed by atoms with van der Waals surface area (Å²) in [5, 5.41) is 0. The lowest BCUT2D eigenvalue weighted by Crippen LogP contribution is -2.16. The molecule has 0 saturated heterocycles. The molecule has 0 radical (unpaired) electrons. The van der Waals surface area contributed by atoms with Crippen LogP contribution in [0.4, 0.5) is 14.5 Å². The van der Waals surface area contributed by atoms with Gasteiger partial charge in [-0.1, -0.05) is 24.3 Å². The summed E-state index contributed by atoms with van der Waals surface area (Å²) in [5.41, 5.74) is 1.19. The van der Waals surface area contributed by atoms with Gasteiger partial charge in [0.05, 0.1) is 11.4 Å². The van der Waals surface area contributed by atoms with Crippen molar-refractivity contribution in [1.29, 1.82) is 0 Å². The average molecular weight is 297 g/mol. The van der Waals surface area contributed by atoms with Gasteiger partial charge in [0, 0.05) is 6.07 Å². The average Bonchev–Trinajstić information content (AvgIpc) is 2.35. The standard InChI is InChI=1S/C14H13F2NO2S/c1-10-4-2-3-5-11(10)9-20(18,19)17-14-7-6-12(15)8-13(14)16/h2-8,17H,9H2,1H3. The Hall–Kier alpha value is -1.95. The number of anilines is 1. The highest BCUT2D eigenvalue weighted by molar-refractivity contribution is 7.91. The number of hydrogen-bond acceptors (Lipinski definition) is 2. The van der Waals surface area contributed by atoms with E-state index in [1.54, 1.807) is 31.2 Å². The van der Waals surface area contributed by atoms with Crippen molar-refractivity contribution in [1.82, 2.24) is 0 Å². The number of rotatable bonds is 4. The normalized spacial score (nSPS) is 11.3. The monoisotopic (exact) mass is 297 g/mol. The first-order chi connectivity index (χ1) is 9.37. The van der Waals surface area contributed by atoms with Crippen LogP contribution in [0.1, 0.15) is 11.1 Å². The molecule has 0 bridgehead atoms. The number of sulfonamides is 1. The summed E-state index contributed by atoms with van der Waals surface area (Å²) >= 11 is 0. The molecule has 0 aromatic heterocycles. The maximum atomic E-state index is 13.4. The van der Waals surface area contributed by atoms with Crippen LogP contribution in [0.5, 0.6) is 0 Å². The third kappa shape index (κ3) is 3.54. The van der Waals surface area contributed by atoms with Crippen molar-refractivity contribution in [2.24, 2.45) is 0 Å². The van der Waals surface area contributed by atoms with Crippen LogP contribution in [0.3, 0.4) is 0 Å². The van der Waals surface area contributed by atoms with E-state index in [-0.39, 0.29) is 11.4 Å². The second-order valence-electron chi connectivity index (χ2n) is 4.41. The van der Waals surface area contributed by atoms with E-state index in [2.05, 4.69) is 4.72 Å². The molecule has 0 heterocycles. The molecule has 0 fully saturated rings. The summed E-state index contributed by atoms with van der Waals surface area (Å²) in [6.07, 6.45) is 0. The van der Waals surface area contributed by atoms with E-state index in [1.807, 2.05) is 0 Å². The number of aryl methyl sites for hydroxylation is 1. The van der Waals surface area contributed by atoms with Gasteiger partial charge in [0.15, 0.2) is 0 Å². The fourth-order valence-electron chi connectivity index (χ4n) is 1.75. The zero-order valence-electron chi connectivity index (χ0n) is 10.7. The van der Waals surface area contributed by atoms with Crippen LogP contribution in [0.2, 0.25) is 0 Å². The summed E-state index contributed by atoms with van der Waals surface area (Å²) < 4.78 is 52.3. The summed E-state index contributed by atoms with van der Waals surface area (Å²) in [4.78, 5) is 0. The van der Waals surface area contributed by atoms with Gasteiger partial charge in [0.25, 0.3) is 0 Å². The molecule has 106 valence electrons. The predicted octanol–water partition coefficient (Wildman–Crippen LogP) is 3.22. The van der Waals surface area contributed by atoms with E-state index in [9.17, 15) is 17.2 Å². The Balaban J connectivity index is 2.22. The number of halogens is 2. The molecular weight excluding hydrogens is 284 g/mol. The van der Waals surface area contributed by atoms with E-state index in [0.29, 0.717) is 11.6 Å². The van der Waals surface area contributed by atoms with Gasteiger partial charge in [0.1, 0.15) is 11.6 Å². The highest BCUT2D eigenvalue weighted by Gasteiger charge is 2.15. The Labute approximate surface area is 116 Å². The first-order valence-corrected chi connectivity index (χ1v) is 7.53. The van der Waals surface area contributed by atoms with E-state index < -0.39 is 21.7 Å². The zero-order chi connectivity index (χ0) is 14.8. The molecule has 0 unspecified atom stereocenters. The minimum atomic E-state index is -3.76. The molecule has 1 N–H and O–H groups in total. The van der Waals surface area contributed by atoms with Crippen molar-refractivity contribution < 1.29 is 17.2 Å². The van der Waals surface area contributed by atoms with E-state index >= 15 is 0 Å². The highest BCUT2D eigenvalue weighted by atomic mass is 32.2. The first kappa shape index (κ1) is 14.5. The summed E-state index contributed by atoms with van der Waals surface area (Å²) in [6, 6.07) is 9.70. The number of benzene rings is 2. The first-order valence-electron chi connectivity index (χ1n) is 5.87. The molecule has 0 aliphatic carbocycles. The quantitative estimate of drug-likeness (QED) is 0.942. The molecule has 0 atom stereocenters. The Bertz CT molecular complexity index is 730. The van der Waals surface area contributed by atoms with Crippen molar-refractivity contribution in [2.75, 3.05) is 4.72 Å². The van der Waals surface area contributed by atoms with E-state index in [1.165, 1.54) is 0 Å². The lowest BCUT2D eigenvalue weighted by molar-refractivity contribution is 0.582. The van der Waals surface area contributed by atoms with Crippen LogP contribution in [-0.4, -0.2) is 8.42 Å². The maximum Gasteiger partial charge on any atom is 0.237 e. The Morgan fingerprint density at radius 2 is 1.80 bits per heavy atom. The van der Waals surface area contributed by atoms with Crippen LogP contribution < -0.4 is 4.72 Å². The summed E-state index contributed by atoms with van der Waals surface area (Å²) in [5.74, 6) is -1.97. The van der Waals surface area contributed by atoms with Crippen molar-refractivity contribution in [3.05, 3.63) is 65.2 Å². The lowest BCUT2D eigenvalue weighted by atomic mass is 10.1. The van der Waals surface area contributed by atoms with Gasteiger partial charge >= 0.3 is 0 Å². The molecule has 2 aromatic carbocycles. The zero-order valence-corrected chi connectivity index (χ0v) is 11.5. The Morgan fingerprint density at radius 1 is 1.10 bits per heavy atom. The third-order valence-corrected chi connectivity index (χ3v) is 4.03. The van der Waals surface area contributed by atoms with Crippen molar-refractivity contribution in [2.45, 2.75) is 12.7 Å². The van der Waals surface area contributed by atoms with Crippen molar-refractivity contribution >= 4 is 15.7 Å². The predicted molar refractivity (Wildman–Crippen MR) is 73.8 cm³/mol. The fourth-order valence-corrected chi connectivity index (χ4v) is 3.06. The maximum absolute atomic E-state index is 13.4. The van der Waals surface area contributed by atoms with Crippen LogP contribution in [0.25, 0.3) is 0 Å². The molecule has 3 nitrogen and oxygen atoms in total.